The zero-order chi connectivity index (χ0) is 13.5. The number of thioether (sulfide) groups is 1. The van der Waals surface area contributed by atoms with Gasteiger partial charge in [-0.2, -0.15) is 11.8 Å². The molecule has 2 heteroatoms. The van der Waals surface area contributed by atoms with Gasteiger partial charge in [-0.3, -0.25) is 0 Å². The van der Waals surface area contributed by atoms with Crippen LogP contribution in [0.3, 0.4) is 0 Å². The molecule has 0 heterocycles. The summed E-state index contributed by atoms with van der Waals surface area (Å²) in [5, 5.41) is 0. The van der Waals surface area contributed by atoms with E-state index < -0.39 is 0 Å². The van der Waals surface area contributed by atoms with Gasteiger partial charge in [0.15, 0.2) is 0 Å². The molecule has 0 atom stereocenters. The second-order valence-corrected chi connectivity index (χ2v) is 6.82. The molecule has 1 nitrogen and oxygen atoms in total. The van der Waals surface area contributed by atoms with E-state index in [0.717, 1.165) is 0 Å². The zero-order valence-corrected chi connectivity index (χ0v) is 13.9. The van der Waals surface area contributed by atoms with Gasteiger partial charge in [0.2, 0.25) is 0 Å². The Bertz CT molecular complexity index is 148. The van der Waals surface area contributed by atoms with Crippen molar-refractivity contribution in [2.24, 2.45) is 0 Å². The van der Waals surface area contributed by atoms with Crippen LogP contribution in [-0.2, 0) is 0 Å². The van der Waals surface area contributed by atoms with Crippen molar-refractivity contribution in [1.82, 2.24) is 4.90 Å². The van der Waals surface area contributed by atoms with Crippen molar-refractivity contribution in [3.05, 3.63) is 0 Å². The molecule has 0 aliphatic rings. The first kappa shape index (κ1) is 18.3. The van der Waals surface area contributed by atoms with Gasteiger partial charge in [0.05, 0.1) is 0 Å². The molecule has 0 aliphatic carbocycles. The number of rotatable bonds is 14. The lowest BCUT2D eigenvalue weighted by Gasteiger charge is -2.08. The van der Waals surface area contributed by atoms with Gasteiger partial charge in [-0.25, -0.2) is 0 Å². The van der Waals surface area contributed by atoms with Crippen molar-refractivity contribution in [3.63, 3.8) is 0 Å². The summed E-state index contributed by atoms with van der Waals surface area (Å²) in [6, 6.07) is 0. The highest BCUT2D eigenvalue weighted by molar-refractivity contribution is 7.99. The fourth-order valence-corrected chi connectivity index (χ4v) is 3.15. The lowest BCUT2D eigenvalue weighted by atomic mass is 10.1. The maximum Gasteiger partial charge on any atom is 0.00662 e. The Hall–Kier alpha value is 0.310. The lowest BCUT2D eigenvalue weighted by Crippen LogP contribution is -2.14. The van der Waals surface area contributed by atoms with Gasteiger partial charge in [-0.05, 0) is 26.3 Å². The summed E-state index contributed by atoms with van der Waals surface area (Å²) in [6.07, 6.45) is 14.5. The molecule has 110 valence electrons. The minimum Gasteiger partial charge on any atom is -0.309 e. The predicted octanol–water partition coefficient (Wildman–Crippen LogP) is 5.20. The number of unbranched alkanes of at least 4 members (excludes halogenated alkanes) is 9. The maximum atomic E-state index is 2.29. The van der Waals surface area contributed by atoms with Crippen molar-refractivity contribution in [2.75, 3.05) is 32.1 Å². The second kappa shape index (κ2) is 15.4. The van der Waals surface area contributed by atoms with Crippen LogP contribution >= 0.6 is 11.8 Å². The Labute approximate surface area is 120 Å². The largest absolute Gasteiger partial charge is 0.309 e. The summed E-state index contributed by atoms with van der Waals surface area (Å²) in [7, 11) is 4.31. The molecule has 0 radical (unpaired) electrons. The van der Waals surface area contributed by atoms with Gasteiger partial charge in [-0.15, -0.1) is 0 Å². The van der Waals surface area contributed by atoms with E-state index in [9.17, 15) is 0 Å². The van der Waals surface area contributed by atoms with Gasteiger partial charge < -0.3 is 4.90 Å². The quantitative estimate of drug-likeness (QED) is 0.400. The van der Waals surface area contributed by atoms with Gasteiger partial charge in [-0.1, -0.05) is 64.7 Å². The van der Waals surface area contributed by atoms with Crippen LogP contribution < -0.4 is 0 Å². The van der Waals surface area contributed by atoms with Crippen LogP contribution in [0.5, 0.6) is 0 Å². The van der Waals surface area contributed by atoms with Crippen molar-refractivity contribution in [3.8, 4) is 0 Å². The molecule has 0 saturated carbocycles. The SMILES string of the molecule is CCCCCCCCCCCCSCCN(C)C. The maximum absolute atomic E-state index is 2.29. The first-order valence-corrected chi connectivity index (χ1v) is 9.15. The molecule has 0 N–H and O–H groups in total. The molecule has 0 aliphatic heterocycles. The average molecular weight is 274 g/mol. The minimum absolute atomic E-state index is 1.22. The summed E-state index contributed by atoms with van der Waals surface area (Å²) in [5.41, 5.74) is 0. The van der Waals surface area contributed by atoms with Crippen molar-refractivity contribution in [1.29, 1.82) is 0 Å². The number of nitrogens with zero attached hydrogens (tertiary/aromatic N) is 1. The molecule has 0 unspecified atom stereocenters. The van der Waals surface area contributed by atoms with Crippen molar-refractivity contribution < 1.29 is 0 Å². The summed E-state index contributed by atoms with van der Waals surface area (Å²) in [4.78, 5) is 2.27. The fourth-order valence-electron chi connectivity index (χ4n) is 2.04. The minimum atomic E-state index is 1.22. The smallest absolute Gasteiger partial charge is 0.00662 e. The fraction of sp³-hybridized carbons (Fsp3) is 1.00. The van der Waals surface area contributed by atoms with Crippen LogP contribution in [0.15, 0.2) is 0 Å². The van der Waals surface area contributed by atoms with Gasteiger partial charge in [0, 0.05) is 12.3 Å². The third kappa shape index (κ3) is 16.3. The topological polar surface area (TPSA) is 3.24 Å². The van der Waals surface area contributed by atoms with E-state index in [-0.39, 0.29) is 0 Å². The standard InChI is InChI=1S/C16H35NS/c1-4-5-6-7-8-9-10-11-12-13-15-18-16-14-17(2)3/h4-16H2,1-3H3. The molecule has 0 rings (SSSR count). The third-order valence-electron chi connectivity index (χ3n) is 3.33. The summed E-state index contributed by atoms with van der Waals surface area (Å²) in [5.74, 6) is 2.66. The molecule has 0 fully saturated rings. The summed E-state index contributed by atoms with van der Waals surface area (Å²) < 4.78 is 0. The number of hydrogen-bond acceptors (Lipinski definition) is 2. The molecule has 0 saturated heterocycles. The number of hydrogen-bond donors (Lipinski definition) is 0. The zero-order valence-electron chi connectivity index (χ0n) is 13.0. The van der Waals surface area contributed by atoms with E-state index in [2.05, 4.69) is 37.7 Å². The van der Waals surface area contributed by atoms with Crippen LogP contribution in [0.1, 0.15) is 71.1 Å². The van der Waals surface area contributed by atoms with E-state index in [4.69, 9.17) is 0 Å². The van der Waals surface area contributed by atoms with E-state index in [1.54, 1.807) is 0 Å². The molecule has 18 heavy (non-hydrogen) atoms. The third-order valence-corrected chi connectivity index (χ3v) is 4.37. The lowest BCUT2D eigenvalue weighted by molar-refractivity contribution is 0.437. The van der Waals surface area contributed by atoms with Crippen molar-refractivity contribution in [2.45, 2.75) is 71.1 Å². The van der Waals surface area contributed by atoms with Gasteiger partial charge in [0.25, 0.3) is 0 Å². The first-order chi connectivity index (χ1) is 8.77. The van der Waals surface area contributed by atoms with E-state index in [1.807, 2.05) is 0 Å². The van der Waals surface area contributed by atoms with Crippen LogP contribution in [0, 0.1) is 0 Å². The Morgan fingerprint density at radius 1 is 0.667 bits per heavy atom. The molecular weight excluding hydrogens is 238 g/mol. The highest BCUT2D eigenvalue weighted by atomic mass is 32.2. The normalized spacial score (nSPS) is 11.3. The first-order valence-electron chi connectivity index (χ1n) is 8.00. The highest BCUT2D eigenvalue weighted by Gasteiger charge is 1.94. The van der Waals surface area contributed by atoms with E-state index >= 15 is 0 Å². The molecule has 0 amide bonds. The highest BCUT2D eigenvalue weighted by Crippen LogP contribution is 2.12. The Morgan fingerprint density at radius 3 is 1.67 bits per heavy atom. The molecular formula is C16H35NS. The van der Waals surface area contributed by atoms with Crippen LogP contribution in [0.4, 0.5) is 0 Å². The molecule has 0 aromatic rings. The van der Waals surface area contributed by atoms with Gasteiger partial charge >= 0.3 is 0 Å². The monoisotopic (exact) mass is 273 g/mol. The van der Waals surface area contributed by atoms with Crippen LogP contribution in [0.2, 0.25) is 0 Å². The summed E-state index contributed by atoms with van der Waals surface area (Å²) in [6.45, 7) is 3.51. The van der Waals surface area contributed by atoms with Crippen LogP contribution in [0.25, 0.3) is 0 Å². The Kier molecular flexibility index (Phi) is 15.6. The van der Waals surface area contributed by atoms with E-state index in [0.29, 0.717) is 0 Å². The predicted molar refractivity (Wildman–Crippen MR) is 87.7 cm³/mol. The average Bonchev–Trinajstić information content (AvgIpc) is 2.34. The van der Waals surface area contributed by atoms with Gasteiger partial charge in [0.1, 0.15) is 0 Å². The molecule has 0 spiro atoms. The Balaban J connectivity index is 2.90. The molecule has 0 aromatic carbocycles. The second-order valence-electron chi connectivity index (χ2n) is 5.60. The Morgan fingerprint density at radius 2 is 1.17 bits per heavy atom. The summed E-state index contributed by atoms with van der Waals surface area (Å²) >= 11 is 2.12. The molecule has 0 aromatic heterocycles. The van der Waals surface area contributed by atoms with Crippen molar-refractivity contribution >= 4 is 11.8 Å². The van der Waals surface area contributed by atoms with Crippen LogP contribution in [-0.4, -0.2) is 37.0 Å². The molecule has 0 bridgehead atoms. The van der Waals surface area contributed by atoms with E-state index in [1.165, 1.54) is 82.3 Å².